The number of carbonyl (C=O) groups excluding carboxylic acids is 3. The molecular formula is C42H36Cl2F2N6O7. The van der Waals surface area contributed by atoms with E-state index in [9.17, 15) is 43.0 Å². The summed E-state index contributed by atoms with van der Waals surface area (Å²) in [6, 6.07) is 18.9. The number of hydrogen-bond donors (Lipinski definition) is 2. The highest BCUT2D eigenvalue weighted by atomic mass is 35.5. The second-order valence-corrected chi connectivity index (χ2v) is 15.2. The van der Waals surface area contributed by atoms with Crippen LogP contribution in [0.4, 0.5) is 20.4 Å². The van der Waals surface area contributed by atoms with Crippen molar-refractivity contribution in [2.75, 3.05) is 29.4 Å². The lowest BCUT2D eigenvalue weighted by Gasteiger charge is -2.30. The molecule has 2 aromatic heterocycles. The zero-order valence-corrected chi connectivity index (χ0v) is 33.2. The number of carboxylic acids is 2. The number of piperidine rings is 2. The molecule has 4 heterocycles. The lowest BCUT2D eigenvalue weighted by atomic mass is 9.96. The summed E-state index contributed by atoms with van der Waals surface area (Å²) < 4.78 is 31.7. The molecule has 0 radical (unpaired) electrons. The number of aromatic nitrogens is 4. The van der Waals surface area contributed by atoms with Crippen LogP contribution < -0.4 is 9.80 Å². The number of fused-ring (bicyclic) bond motifs is 2. The SMILES string of the molecule is Cc1cccc(Cl)c1C(=O)n1nc(N2CCC(C(=O)O)CC2)c2c(F)cccc21.Cc1cccc(Cl)c1C(=O)n1nc(N2CCC(C(=O)O)CC2=O)c2c(F)cccc21. The third kappa shape index (κ3) is 7.75. The molecule has 0 bridgehead atoms. The molecule has 1 amide bonds. The minimum atomic E-state index is -1.05. The van der Waals surface area contributed by atoms with E-state index in [-0.39, 0.29) is 52.1 Å². The Balaban J connectivity index is 0.000000179. The maximum atomic E-state index is 14.7. The highest BCUT2D eigenvalue weighted by Crippen LogP contribution is 2.35. The molecule has 13 nitrogen and oxygen atoms in total. The minimum Gasteiger partial charge on any atom is -0.481 e. The first-order valence-electron chi connectivity index (χ1n) is 18.6. The number of aliphatic carboxylic acids is 2. The number of halogens is 4. The molecule has 0 spiro atoms. The van der Waals surface area contributed by atoms with E-state index in [2.05, 4.69) is 10.2 Å². The van der Waals surface area contributed by atoms with Gasteiger partial charge in [0, 0.05) is 26.1 Å². The Hall–Kier alpha value is -6.19. The first-order valence-corrected chi connectivity index (χ1v) is 19.4. The molecule has 304 valence electrons. The van der Waals surface area contributed by atoms with Crippen LogP contribution in [0.3, 0.4) is 0 Å². The number of amides is 1. The molecule has 59 heavy (non-hydrogen) atoms. The van der Waals surface area contributed by atoms with Gasteiger partial charge >= 0.3 is 11.9 Å². The smallest absolute Gasteiger partial charge is 0.307 e. The molecule has 2 saturated heterocycles. The highest BCUT2D eigenvalue weighted by Gasteiger charge is 2.35. The highest BCUT2D eigenvalue weighted by molar-refractivity contribution is 6.34. The van der Waals surface area contributed by atoms with Crippen molar-refractivity contribution in [1.29, 1.82) is 0 Å². The van der Waals surface area contributed by atoms with Crippen molar-refractivity contribution in [3.8, 4) is 0 Å². The van der Waals surface area contributed by atoms with Crippen LogP contribution in [0.1, 0.15) is 57.5 Å². The van der Waals surface area contributed by atoms with E-state index in [0.29, 0.717) is 59.0 Å². The average Bonchev–Trinajstić information content (AvgIpc) is 3.79. The van der Waals surface area contributed by atoms with Crippen LogP contribution >= 0.6 is 23.2 Å². The number of benzene rings is 4. The van der Waals surface area contributed by atoms with E-state index in [1.165, 1.54) is 39.9 Å². The van der Waals surface area contributed by atoms with Gasteiger partial charge in [-0.05, 0) is 80.6 Å². The normalized spacial score (nSPS) is 16.0. The zero-order valence-electron chi connectivity index (χ0n) is 31.7. The molecule has 6 aromatic rings. The topological polar surface area (TPSA) is 168 Å². The molecule has 1 atom stereocenters. The molecule has 0 aliphatic carbocycles. The van der Waals surface area contributed by atoms with E-state index in [1.54, 1.807) is 56.3 Å². The average molecular weight is 846 g/mol. The number of carboxylic acid groups (broad SMARTS) is 2. The molecule has 1 unspecified atom stereocenters. The lowest BCUT2D eigenvalue weighted by molar-refractivity contribution is -0.145. The number of anilines is 2. The molecule has 4 aromatic carbocycles. The maximum absolute atomic E-state index is 14.7. The van der Waals surface area contributed by atoms with Gasteiger partial charge in [0.15, 0.2) is 11.6 Å². The van der Waals surface area contributed by atoms with Crippen LogP contribution in [0.15, 0.2) is 72.8 Å². The van der Waals surface area contributed by atoms with Gasteiger partial charge < -0.3 is 15.1 Å². The summed E-state index contributed by atoms with van der Waals surface area (Å²) in [5.41, 5.74) is 2.43. The second-order valence-electron chi connectivity index (χ2n) is 14.4. The first kappa shape index (κ1) is 41.0. The first-order chi connectivity index (χ1) is 28.2. The standard InChI is InChI=1S/C21H17ClFN3O4.C21H19ClFN3O3/c1-11-4-2-5-13(22)17(11)20(28)26-15-7-3-6-14(23)18(15)19(24-26)25-9-8-12(21(29)30)10-16(25)27;1-12-4-2-5-14(22)17(12)20(27)26-16-7-3-6-15(23)18(16)19(24-26)25-10-8-13(9-11-25)21(28)29/h2-7,12H,8-10H2,1H3,(H,29,30);2-7,13H,8-11H2,1H3,(H,28,29). The Morgan fingerprint density at radius 1 is 0.644 bits per heavy atom. The molecule has 17 heteroatoms. The van der Waals surface area contributed by atoms with Crippen molar-refractivity contribution in [3.05, 3.63) is 117 Å². The van der Waals surface area contributed by atoms with E-state index in [1.807, 2.05) is 4.90 Å². The Bertz CT molecular complexity index is 2650. The number of aryl methyl sites for hydroxylation is 2. The van der Waals surface area contributed by atoms with Crippen LogP contribution in [-0.4, -0.2) is 79.1 Å². The van der Waals surface area contributed by atoms with Crippen molar-refractivity contribution in [2.24, 2.45) is 11.8 Å². The Labute approximate surface area is 345 Å². The quantitative estimate of drug-likeness (QED) is 0.169. The lowest BCUT2D eigenvalue weighted by Crippen LogP contribution is -2.41. The van der Waals surface area contributed by atoms with Gasteiger partial charge in [-0.3, -0.25) is 28.9 Å². The number of carbonyl (C=O) groups is 5. The van der Waals surface area contributed by atoms with Crippen LogP contribution in [0, 0.1) is 37.3 Å². The molecular weight excluding hydrogens is 809 g/mol. The third-order valence-corrected chi connectivity index (χ3v) is 11.3. The van der Waals surface area contributed by atoms with Crippen LogP contribution in [0.2, 0.25) is 10.0 Å². The summed E-state index contributed by atoms with van der Waals surface area (Å²) in [6.45, 7) is 4.43. The predicted octanol–water partition coefficient (Wildman–Crippen LogP) is 7.78. The van der Waals surface area contributed by atoms with Crippen molar-refractivity contribution >= 4 is 86.3 Å². The van der Waals surface area contributed by atoms with E-state index in [0.717, 1.165) is 4.68 Å². The fourth-order valence-electron chi connectivity index (χ4n) is 7.56. The van der Waals surface area contributed by atoms with Crippen molar-refractivity contribution < 1.29 is 43.0 Å². The van der Waals surface area contributed by atoms with Crippen molar-refractivity contribution in [3.63, 3.8) is 0 Å². The van der Waals surface area contributed by atoms with Crippen molar-refractivity contribution in [1.82, 2.24) is 19.6 Å². The van der Waals surface area contributed by atoms with Gasteiger partial charge in [0.1, 0.15) is 11.6 Å². The molecule has 8 rings (SSSR count). The van der Waals surface area contributed by atoms with Crippen molar-refractivity contribution in [2.45, 2.75) is 39.5 Å². The van der Waals surface area contributed by atoms with Crippen LogP contribution in [0.5, 0.6) is 0 Å². The Morgan fingerprint density at radius 2 is 1.08 bits per heavy atom. The van der Waals surface area contributed by atoms with E-state index in [4.69, 9.17) is 23.2 Å². The fourth-order valence-corrected chi connectivity index (χ4v) is 8.17. The van der Waals surface area contributed by atoms with Crippen LogP contribution in [0.25, 0.3) is 21.8 Å². The van der Waals surface area contributed by atoms with Gasteiger partial charge in [0.05, 0.1) is 54.8 Å². The molecule has 2 N–H and O–H groups in total. The van der Waals surface area contributed by atoms with Gasteiger partial charge in [0.2, 0.25) is 5.91 Å². The molecule has 2 aliphatic rings. The van der Waals surface area contributed by atoms with Crippen LogP contribution in [-0.2, 0) is 14.4 Å². The number of rotatable bonds is 6. The third-order valence-electron chi connectivity index (χ3n) is 10.7. The summed E-state index contributed by atoms with van der Waals surface area (Å²) in [6.07, 6.45) is 0.878. The van der Waals surface area contributed by atoms with Gasteiger partial charge in [-0.25, -0.2) is 8.78 Å². The number of nitrogens with zero attached hydrogens (tertiary/aromatic N) is 6. The largest absolute Gasteiger partial charge is 0.481 e. The Morgan fingerprint density at radius 3 is 1.54 bits per heavy atom. The van der Waals surface area contributed by atoms with E-state index < -0.39 is 53.1 Å². The molecule has 0 saturated carbocycles. The fraction of sp³-hybridized carbons (Fsp3) is 0.262. The molecule has 2 aliphatic heterocycles. The Kier molecular flexibility index (Phi) is 11.5. The van der Waals surface area contributed by atoms with Gasteiger partial charge in [-0.2, -0.15) is 9.36 Å². The zero-order chi connectivity index (χ0) is 42.3. The predicted molar refractivity (Wildman–Crippen MR) is 217 cm³/mol. The summed E-state index contributed by atoms with van der Waals surface area (Å²) in [7, 11) is 0. The summed E-state index contributed by atoms with van der Waals surface area (Å²) in [5, 5.41) is 27.9. The van der Waals surface area contributed by atoms with Gasteiger partial charge in [-0.1, -0.05) is 59.6 Å². The second kappa shape index (κ2) is 16.6. The summed E-state index contributed by atoms with van der Waals surface area (Å²) in [5.74, 6) is -5.32. The van der Waals surface area contributed by atoms with Gasteiger partial charge in [0.25, 0.3) is 11.8 Å². The monoisotopic (exact) mass is 844 g/mol. The summed E-state index contributed by atoms with van der Waals surface area (Å²) >= 11 is 12.5. The minimum absolute atomic E-state index is 0.00463. The molecule has 2 fully saturated rings. The van der Waals surface area contributed by atoms with Gasteiger partial charge in [-0.15, -0.1) is 10.2 Å². The van der Waals surface area contributed by atoms with E-state index >= 15 is 0 Å². The maximum Gasteiger partial charge on any atom is 0.307 e. The summed E-state index contributed by atoms with van der Waals surface area (Å²) in [4.78, 5) is 64.6. The number of hydrogen-bond acceptors (Lipinski definition) is 8.